The Kier molecular flexibility index (Phi) is 5.23. The Morgan fingerprint density at radius 2 is 2.29 bits per heavy atom. The van der Waals surface area contributed by atoms with Crippen LogP contribution in [0.25, 0.3) is 0 Å². The molecule has 0 spiro atoms. The number of carbonyl (C=O) groups excluding carboxylic acids is 1. The summed E-state index contributed by atoms with van der Waals surface area (Å²) in [5, 5.41) is 8.76. The monoisotopic (exact) mass is 240 g/mol. The van der Waals surface area contributed by atoms with Gasteiger partial charge in [-0.2, -0.15) is 5.26 Å². The molecule has 1 rings (SSSR count). The Balaban J connectivity index is 2.56. The summed E-state index contributed by atoms with van der Waals surface area (Å²) in [6.07, 6.45) is 0.826. The molecule has 0 aromatic rings. The number of hydrogen-bond donors (Lipinski definition) is 0. The zero-order valence-electron chi connectivity index (χ0n) is 10.7. The molecule has 5 heteroatoms. The summed E-state index contributed by atoms with van der Waals surface area (Å²) in [6, 6.07) is 2.14. The van der Waals surface area contributed by atoms with Crippen molar-refractivity contribution in [1.82, 2.24) is 4.90 Å². The first-order chi connectivity index (χ1) is 8.08. The molecule has 0 N–H and O–H groups in total. The molecular formula is C12H20N2O3. The molecule has 1 heterocycles. The quantitative estimate of drug-likeness (QED) is 0.754. The first-order valence-electron chi connectivity index (χ1n) is 5.93. The molecule has 0 aliphatic carbocycles. The van der Waals surface area contributed by atoms with Crippen molar-refractivity contribution in [3.05, 3.63) is 0 Å². The van der Waals surface area contributed by atoms with Gasteiger partial charge in [-0.3, -0.25) is 0 Å². The third-order valence-electron chi connectivity index (χ3n) is 2.92. The maximum atomic E-state index is 11.7. The van der Waals surface area contributed by atoms with Crippen molar-refractivity contribution in [3.8, 4) is 6.07 Å². The van der Waals surface area contributed by atoms with Crippen LogP contribution in [-0.4, -0.2) is 43.4 Å². The third kappa shape index (κ3) is 3.90. The van der Waals surface area contributed by atoms with Crippen LogP contribution in [0, 0.1) is 17.2 Å². The van der Waals surface area contributed by atoms with Crippen molar-refractivity contribution >= 4 is 6.09 Å². The summed E-state index contributed by atoms with van der Waals surface area (Å²) >= 11 is 0. The van der Waals surface area contributed by atoms with Crippen LogP contribution in [-0.2, 0) is 9.47 Å². The molecule has 96 valence electrons. The Morgan fingerprint density at radius 1 is 1.59 bits per heavy atom. The molecule has 17 heavy (non-hydrogen) atoms. The number of likely N-dealkylation sites (tertiary alicyclic amines) is 1. The maximum Gasteiger partial charge on any atom is 0.410 e. The molecule has 1 amide bonds. The van der Waals surface area contributed by atoms with Gasteiger partial charge in [-0.05, 0) is 20.3 Å². The summed E-state index contributed by atoms with van der Waals surface area (Å²) in [4.78, 5) is 13.4. The highest BCUT2D eigenvalue weighted by atomic mass is 16.6. The molecule has 1 aliphatic rings. The number of carbonyl (C=O) groups is 1. The van der Waals surface area contributed by atoms with Crippen molar-refractivity contribution in [2.24, 2.45) is 5.92 Å². The first-order valence-corrected chi connectivity index (χ1v) is 5.93. The van der Waals surface area contributed by atoms with Crippen LogP contribution in [0.4, 0.5) is 4.79 Å². The van der Waals surface area contributed by atoms with E-state index in [1.165, 1.54) is 0 Å². The number of amides is 1. The fraction of sp³-hybridized carbons (Fsp3) is 0.833. The van der Waals surface area contributed by atoms with E-state index in [9.17, 15) is 4.79 Å². The second-order valence-electron chi connectivity index (χ2n) is 4.56. The predicted molar refractivity (Wildman–Crippen MR) is 62.3 cm³/mol. The van der Waals surface area contributed by atoms with E-state index in [-0.39, 0.29) is 24.2 Å². The van der Waals surface area contributed by atoms with Gasteiger partial charge in [0.2, 0.25) is 0 Å². The molecule has 0 bridgehead atoms. The van der Waals surface area contributed by atoms with Crippen LogP contribution in [0.15, 0.2) is 0 Å². The topological polar surface area (TPSA) is 62.6 Å². The van der Waals surface area contributed by atoms with Crippen LogP contribution in [0.5, 0.6) is 0 Å². The lowest BCUT2D eigenvalue weighted by Crippen LogP contribution is -2.47. The number of piperidine rings is 1. The van der Waals surface area contributed by atoms with Gasteiger partial charge in [-0.15, -0.1) is 0 Å². The number of hydrogen-bond acceptors (Lipinski definition) is 4. The van der Waals surface area contributed by atoms with Gasteiger partial charge in [-0.25, -0.2) is 4.79 Å². The second kappa shape index (κ2) is 6.45. The molecule has 1 fully saturated rings. The van der Waals surface area contributed by atoms with Gasteiger partial charge >= 0.3 is 6.09 Å². The normalized spacial score (nSPS) is 24.5. The van der Waals surface area contributed by atoms with E-state index >= 15 is 0 Å². The van der Waals surface area contributed by atoms with Crippen molar-refractivity contribution < 1.29 is 14.3 Å². The van der Waals surface area contributed by atoms with E-state index < -0.39 is 0 Å². The number of rotatable bonds is 3. The summed E-state index contributed by atoms with van der Waals surface area (Å²) < 4.78 is 10.5. The molecular weight excluding hydrogens is 220 g/mol. The average Bonchev–Trinajstić information content (AvgIpc) is 2.28. The van der Waals surface area contributed by atoms with Gasteiger partial charge < -0.3 is 14.4 Å². The average molecular weight is 240 g/mol. The third-order valence-corrected chi connectivity index (χ3v) is 2.92. The minimum absolute atomic E-state index is 0.0674. The second-order valence-corrected chi connectivity index (χ2v) is 4.56. The lowest BCUT2D eigenvalue weighted by Gasteiger charge is -2.36. The Morgan fingerprint density at radius 3 is 2.82 bits per heavy atom. The summed E-state index contributed by atoms with van der Waals surface area (Å²) in [5.41, 5.74) is 0. The predicted octanol–water partition coefficient (Wildman–Crippen LogP) is 1.78. The smallest absolute Gasteiger partial charge is 0.410 e. The van der Waals surface area contributed by atoms with Crippen molar-refractivity contribution in [2.45, 2.75) is 38.9 Å². The van der Waals surface area contributed by atoms with Gasteiger partial charge in [0.15, 0.2) is 0 Å². The molecule has 5 nitrogen and oxygen atoms in total. The summed E-state index contributed by atoms with van der Waals surface area (Å²) in [6.45, 7) is 4.82. The molecule has 0 radical (unpaired) electrons. The van der Waals surface area contributed by atoms with Crippen molar-refractivity contribution in [3.63, 3.8) is 0 Å². The van der Waals surface area contributed by atoms with Crippen LogP contribution in [0.3, 0.4) is 0 Å². The number of methoxy groups -OCH3 is 1. The van der Waals surface area contributed by atoms with Gasteiger partial charge in [-0.1, -0.05) is 0 Å². The van der Waals surface area contributed by atoms with Crippen LogP contribution in [0.1, 0.15) is 26.7 Å². The fourth-order valence-electron chi connectivity index (χ4n) is 2.08. The molecule has 2 atom stereocenters. The molecule has 1 saturated heterocycles. The van der Waals surface area contributed by atoms with E-state index in [4.69, 9.17) is 14.7 Å². The maximum absolute atomic E-state index is 11.7. The summed E-state index contributed by atoms with van der Waals surface area (Å²) in [7, 11) is 1.65. The number of nitrogens with zero attached hydrogens (tertiary/aromatic N) is 2. The SMILES string of the molecule is COC1CCN(C(=O)OC(C)C)CC1CC#N. The van der Waals surface area contributed by atoms with E-state index in [1.807, 2.05) is 13.8 Å². The Labute approximate surface area is 102 Å². The lowest BCUT2D eigenvalue weighted by atomic mass is 9.92. The van der Waals surface area contributed by atoms with Crippen molar-refractivity contribution in [1.29, 1.82) is 5.26 Å². The van der Waals surface area contributed by atoms with Crippen LogP contribution >= 0.6 is 0 Å². The number of ether oxygens (including phenoxy) is 2. The lowest BCUT2D eigenvalue weighted by molar-refractivity contribution is -0.00965. The van der Waals surface area contributed by atoms with Crippen molar-refractivity contribution in [2.75, 3.05) is 20.2 Å². The van der Waals surface area contributed by atoms with Gasteiger partial charge in [0.25, 0.3) is 0 Å². The Hall–Kier alpha value is -1.28. The number of nitriles is 1. The minimum atomic E-state index is -0.294. The molecule has 0 saturated carbocycles. The van der Waals surface area contributed by atoms with Crippen LogP contribution < -0.4 is 0 Å². The highest BCUT2D eigenvalue weighted by Gasteiger charge is 2.32. The van der Waals surface area contributed by atoms with Crippen LogP contribution in [0.2, 0.25) is 0 Å². The highest BCUT2D eigenvalue weighted by molar-refractivity contribution is 5.67. The molecule has 1 aliphatic heterocycles. The molecule has 0 aromatic carbocycles. The minimum Gasteiger partial charge on any atom is -0.447 e. The van der Waals surface area contributed by atoms with Gasteiger partial charge in [0.1, 0.15) is 0 Å². The Bertz CT molecular complexity index is 299. The zero-order valence-corrected chi connectivity index (χ0v) is 10.7. The highest BCUT2D eigenvalue weighted by Crippen LogP contribution is 2.23. The standard InChI is InChI=1S/C12H20N2O3/c1-9(2)17-12(15)14-7-5-11(16-3)10(8-14)4-6-13/h9-11H,4-5,7-8H2,1-3H3. The fourth-order valence-corrected chi connectivity index (χ4v) is 2.08. The van der Waals surface area contributed by atoms with E-state index in [0.29, 0.717) is 19.5 Å². The van der Waals surface area contributed by atoms with E-state index in [1.54, 1.807) is 12.0 Å². The zero-order chi connectivity index (χ0) is 12.8. The summed E-state index contributed by atoms with van der Waals surface area (Å²) in [5.74, 6) is 0.0819. The largest absolute Gasteiger partial charge is 0.447 e. The van der Waals surface area contributed by atoms with E-state index in [2.05, 4.69) is 6.07 Å². The van der Waals surface area contributed by atoms with Gasteiger partial charge in [0.05, 0.1) is 18.3 Å². The molecule has 2 unspecified atom stereocenters. The molecule has 0 aromatic heterocycles. The first kappa shape index (κ1) is 13.8. The van der Waals surface area contributed by atoms with Gasteiger partial charge in [0, 0.05) is 32.5 Å². The van der Waals surface area contributed by atoms with E-state index in [0.717, 1.165) is 6.42 Å².